The Morgan fingerprint density at radius 1 is 1.35 bits per heavy atom. The van der Waals surface area contributed by atoms with Gasteiger partial charge in [-0.2, -0.15) is 0 Å². The van der Waals surface area contributed by atoms with E-state index in [1.54, 1.807) is 21.0 Å². The molecule has 1 aromatic carbocycles. The van der Waals surface area contributed by atoms with Gasteiger partial charge in [-0.3, -0.25) is 4.79 Å². The summed E-state index contributed by atoms with van der Waals surface area (Å²) >= 11 is 0. The lowest BCUT2D eigenvalue weighted by atomic mass is 9.96. The Balaban J connectivity index is 2.67. The van der Waals surface area contributed by atoms with Crippen LogP contribution in [0, 0.1) is 0 Å². The lowest BCUT2D eigenvalue weighted by molar-refractivity contribution is -0.149. The van der Waals surface area contributed by atoms with E-state index >= 15 is 0 Å². The van der Waals surface area contributed by atoms with Crippen molar-refractivity contribution in [3.63, 3.8) is 0 Å². The zero-order chi connectivity index (χ0) is 15.2. The van der Waals surface area contributed by atoms with Crippen LogP contribution in [-0.4, -0.2) is 31.3 Å². The van der Waals surface area contributed by atoms with E-state index in [-0.39, 0.29) is 6.10 Å². The Kier molecular flexibility index (Phi) is 5.82. The topological polar surface area (TPSA) is 70.8 Å². The molecule has 0 fully saturated rings. The largest absolute Gasteiger partial charge is 0.493 e. The molecule has 5 nitrogen and oxygen atoms in total. The highest BCUT2D eigenvalue weighted by atomic mass is 16.5. The number of benzene rings is 1. The molecule has 112 valence electrons. The number of esters is 1. The third-order valence-electron chi connectivity index (χ3n) is 2.85. The first-order valence-corrected chi connectivity index (χ1v) is 6.66. The molecular formula is C15H23NO4. The van der Waals surface area contributed by atoms with E-state index < -0.39 is 11.5 Å². The summed E-state index contributed by atoms with van der Waals surface area (Å²) in [6.07, 6.45) is 0.106. The first-order valence-electron chi connectivity index (χ1n) is 6.66. The zero-order valence-corrected chi connectivity index (χ0v) is 12.5. The Morgan fingerprint density at radius 2 is 1.95 bits per heavy atom. The highest BCUT2D eigenvalue weighted by Gasteiger charge is 2.32. The van der Waals surface area contributed by atoms with Gasteiger partial charge in [0, 0.05) is 6.42 Å². The molecule has 5 heteroatoms. The van der Waals surface area contributed by atoms with E-state index in [1.807, 2.05) is 31.2 Å². The quantitative estimate of drug-likeness (QED) is 0.775. The van der Waals surface area contributed by atoms with Crippen molar-refractivity contribution in [1.82, 2.24) is 0 Å². The van der Waals surface area contributed by atoms with Gasteiger partial charge in [-0.05, 0) is 32.9 Å². The van der Waals surface area contributed by atoms with Crippen LogP contribution < -0.4 is 15.2 Å². The molecule has 0 spiro atoms. The van der Waals surface area contributed by atoms with Crippen molar-refractivity contribution in [2.45, 2.75) is 38.8 Å². The number of rotatable bonds is 7. The molecule has 0 aromatic heterocycles. The van der Waals surface area contributed by atoms with Gasteiger partial charge < -0.3 is 19.9 Å². The number of ether oxygens (including phenoxy) is 3. The molecular weight excluding hydrogens is 258 g/mol. The van der Waals surface area contributed by atoms with Crippen LogP contribution in [0.4, 0.5) is 0 Å². The summed E-state index contributed by atoms with van der Waals surface area (Å²) in [6.45, 7) is 5.57. The zero-order valence-electron chi connectivity index (χ0n) is 12.5. The summed E-state index contributed by atoms with van der Waals surface area (Å²) in [5, 5.41) is 0. The molecule has 0 saturated heterocycles. The van der Waals surface area contributed by atoms with Crippen molar-refractivity contribution < 1.29 is 19.0 Å². The minimum Gasteiger partial charge on any atom is -0.493 e. The molecule has 20 heavy (non-hydrogen) atoms. The fraction of sp³-hybridized carbons (Fsp3) is 0.533. The predicted octanol–water partition coefficient (Wildman–Crippen LogP) is 2.13. The number of carbonyl (C=O) groups excluding carboxylic acids is 1. The van der Waals surface area contributed by atoms with E-state index in [1.165, 1.54) is 0 Å². The first kappa shape index (κ1) is 16.3. The van der Waals surface area contributed by atoms with Gasteiger partial charge in [0.2, 0.25) is 0 Å². The van der Waals surface area contributed by atoms with Gasteiger partial charge in [0.1, 0.15) is 5.54 Å². The van der Waals surface area contributed by atoms with Gasteiger partial charge in [0.05, 0.1) is 19.8 Å². The van der Waals surface area contributed by atoms with Crippen molar-refractivity contribution in [1.29, 1.82) is 0 Å². The molecule has 2 N–H and O–H groups in total. The molecule has 2 unspecified atom stereocenters. The number of carbonyl (C=O) groups is 1. The van der Waals surface area contributed by atoms with Gasteiger partial charge >= 0.3 is 5.97 Å². The van der Waals surface area contributed by atoms with Crippen molar-refractivity contribution in [2.24, 2.45) is 5.73 Å². The first-order chi connectivity index (χ1) is 9.40. The number of nitrogens with two attached hydrogens (primary N) is 1. The van der Waals surface area contributed by atoms with Crippen molar-refractivity contribution in [3.05, 3.63) is 24.3 Å². The van der Waals surface area contributed by atoms with Crippen molar-refractivity contribution >= 4 is 5.97 Å². The van der Waals surface area contributed by atoms with E-state index in [2.05, 4.69) is 0 Å². The third-order valence-corrected chi connectivity index (χ3v) is 2.85. The van der Waals surface area contributed by atoms with Crippen molar-refractivity contribution in [2.75, 3.05) is 13.7 Å². The normalized spacial score (nSPS) is 15.1. The van der Waals surface area contributed by atoms with Crippen molar-refractivity contribution in [3.8, 4) is 11.5 Å². The average Bonchev–Trinajstić information content (AvgIpc) is 2.38. The molecule has 0 aliphatic heterocycles. The fourth-order valence-corrected chi connectivity index (χ4v) is 1.95. The Hall–Kier alpha value is -1.75. The van der Waals surface area contributed by atoms with Crippen LogP contribution in [0.3, 0.4) is 0 Å². The fourth-order valence-electron chi connectivity index (χ4n) is 1.95. The van der Waals surface area contributed by atoms with E-state index in [4.69, 9.17) is 19.9 Å². The molecule has 1 aromatic rings. The highest BCUT2D eigenvalue weighted by molar-refractivity contribution is 5.80. The lowest BCUT2D eigenvalue weighted by Gasteiger charge is -2.26. The minimum atomic E-state index is -1.07. The molecule has 0 saturated carbocycles. The number of hydrogen-bond acceptors (Lipinski definition) is 5. The summed E-state index contributed by atoms with van der Waals surface area (Å²) < 4.78 is 16.0. The summed E-state index contributed by atoms with van der Waals surface area (Å²) in [7, 11) is 1.58. The third kappa shape index (κ3) is 4.42. The van der Waals surface area contributed by atoms with Gasteiger partial charge in [0.25, 0.3) is 0 Å². The lowest BCUT2D eigenvalue weighted by Crippen LogP contribution is -2.49. The summed E-state index contributed by atoms with van der Waals surface area (Å²) in [5.74, 6) is 0.854. The second kappa shape index (κ2) is 7.14. The maximum Gasteiger partial charge on any atom is 0.325 e. The molecule has 0 heterocycles. The van der Waals surface area contributed by atoms with Crippen LogP contribution in [0.25, 0.3) is 0 Å². The Morgan fingerprint density at radius 3 is 2.50 bits per heavy atom. The monoisotopic (exact) mass is 281 g/mol. The molecule has 0 aliphatic carbocycles. The van der Waals surface area contributed by atoms with Gasteiger partial charge in [0.15, 0.2) is 11.5 Å². The molecule has 0 amide bonds. The van der Waals surface area contributed by atoms with Crippen LogP contribution in [0.1, 0.15) is 27.2 Å². The number of methoxy groups -OCH3 is 1. The number of para-hydroxylation sites is 2. The summed E-state index contributed by atoms with van der Waals surface area (Å²) in [5.41, 5.74) is 4.91. The van der Waals surface area contributed by atoms with Crippen LogP contribution in [-0.2, 0) is 9.53 Å². The minimum absolute atomic E-state index is 0.245. The standard InChI is InChI=1S/C15H23NO4/c1-5-19-14(17)15(3,16)10-11(2)20-13-9-7-6-8-12(13)18-4/h6-9,11H,5,10,16H2,1-4H3. The smallest absolute Gasteiger partial charge is 0.325 e. The molecule has 1 rings (SSSR count). The summed E-state index contributed by atoms with van der Waals surface area (Å²) in [4.78, 5) is 11.7. The second-order valence-corrected chi connectivity index (χ2v) is 4.92. The highest BCUT2D eigenvalue weighted by Crippen LogP contribution is 2.28. The molecule has 2 atom stereocenters. The van der Waals surface area contributed by atoms with Crippen LogP contribution in [0.15, 0.2) is 24.3 Å². The molecule has 0 bridgehead atoms. The maximum absolute atomic E-state index is 11.7. The van der Waals surface area contributed by atoms with E-state index in [9.17, 15) is 4.79 Å². The second-order valence-electron chi connectivity index (χ2n) is 4.92. The van der Waals surface area contributed by atoms with Gasteiger partial charge in [-0.15, -0.1) is 0 Å². The van der Waals surface area contributed by atoms with Gasteiger partial charge in [-0.25, -0.2) is 0 Å². The predicted molar refractivity (Wildman–Crippen MR) is 76.9 cm³/mol. The SMILES string of the molecule is CCOC(=O)C(C)(N)CC(C)Oc1ccccc1OC. The van der Waals surface area contributed by atoms with Crippen LogP contribution >= 0.6 is 0 Å². The number of hydrogen-bond donors (Lipinski definition) is 1. The van der Waals surface area contributed by atoms with Gasteiger partial charge in [-0.1, -0.05) is 12.1 Å². The summed E-state index contributed by atoms with van der Waals surface area (Å²) in [6, 6.07) is 7.35. The average molecular weight is 281 g/mol. The van der Waals surface area contributed by atoms with E-state index in [0.29, 0.717) is 24.5 Å². The Bertz CT molecular complexity index is 445. The molecule has 0 radical (unpaired) electrons. The van der Waals surface area contributed by atoms with Crippen LogP contribution in [0.5, 0.6) is 11.5 Å². The Labute approximate surface area is 120 Å². The maximum atomic E-state index is 11.7. The van der Waals surface area contributed by atoms with E-state index in [0.717, 1.165) is 0 Å². The molecule has 0 aliphatic rings. The van der Waals surface area contributed by atoms with Crippen LogP contribution in [0.2, 0.25) is 0 Å².